The van der Waals surface area contributed by atoms with Crippen molar-refractivity contribution in [1.29, 1.82) is 0 Å². The number of imidazole rings is 1. The van der Waals surface area contributed by atoms with E-state index < -0.39 is 6.10 Å². The van der Waals surface area contributed by atoms with Gasteiger partial charge in [0.05, 0.1) is 12.0 Å². The molecule has 0 saturated heterocycles. The molecule has 3 N–H and O–H groups in total. The first-order valence-electron chi connectivity index (χ1n) is 9.52. The number of aromatic nitrogens is 2. The molecule has 0 radical (unpaired) electrons. The summed E-state index contributed by atoms with van der Waals surface area (Å²) in [6, 6.07) is 15.1. The van der Waals surface area contributed by atoms with E-state index in [0.717, 1.165) is 20.5 Å². The summed E-state index contributed by atoms with van der Waals surface area (Å²) in [5.41, 5.74) is 1.23. The van der Waals surface area contributed by atoms with E-state index in [-0.39, 0.29) is 29.8 Å². The number of nitrogens with zero attached hydrogens (tertiary/aromatic N) is 3. The summed E-state index contributed by atoms with van der Waals surface area (Å²) in [5.74, 6) is 0.213. The van der Waals surface area contributed by atoms with Crippen LogP contribution in [0.2, 0.25) is 0 Å². The fraction of sp³-hybridized carbons (Fsp3) is 0.182. The number of halogens is 2. The zero-order valence-electron chi connectivity index (χ0n) is 16.8. The lowest BCUT2D eigenvalue weighted by atomic mass is 10.2. The molecule has 2 aromatic carbocycles. The molecular formula is C22H23FIN5OS. The quantitative estimate of drug-likeness (QED) is 0.191. The number of nitrogens with one attached hydrogen (secondary N) is 2. The third-order valence-corrected chi connectivity index (χ3v) is 5.93. The Bertz CT molecular complexity index is 1130. The molecule has 0 fully saturated rings. The monoisotopic (exact) mass is 551 g/mol. The van der Waals surface area contributed by atoms with E-state index >= 15 is 0 Å². The molecule has 4 rings (SSSR count). The minimum absolute atomic E-state index is 0. The van der Waals surface area contributed by atoms with Crippen LogP contribution in [0.15, 0.2) is 72.2 Å². The molecular weight excluding hydrogens is 528 g/mol. The fourth-order valence-corrected chi connectivity index (χ4v) is 4.19. The largest absolute Gasteiger partial charge is 0.386 e. The SMILES string of the molecule is CN=C(NCc1ccc(-n2ccnc2)c(F)c1)NCC(O)c1cc2ccccc2s1.I. The van der Waals surface area contributed by atoms with Crippen molar-refractivity contribution >= 4 is 51.4 Å². The maximum atomic E-state index is 14.4. The van der Waals surface area contributed by atoms with Crippen LogP contribution < -0.4 is 10.6 Å². The highest BCUT2D eigenvalue weighted by Crippen LogP contribution is 2.29. The van der Waals surface area contributed by atoms with Gasteiger partial charge < -0.3 is 20.3 Å². The van der Waals surface area contributed by atoms with Gasteiger partial charge in [-0.05, 0) is 35.2 Å². The number of aliphatic hydroxyl groups excluding tert-OH is 1. The molecule has 0 aliphatic carbocycles. The van der Waals surface area contributed by atoms with Crippen molar-refractivity contribution < 1.29 is 9.50 Å². The van der Waals surface area contributed by atoms with Gasteiger partial charge in [-0.3, -0.25) is 4.99 Å². The van der Waals surface area contributed by atoms with E-state index in [1.807, 2.05) is 36.4 Å². The minimum atomic E-state index is -0.646. The number of rotatable bonds is 6. The lowest BCUT2D eigenvalue weighted by molar-refractivity contribution is 0.184. The lowest BCUT2D eigenvalue weighted by Crippen LogP contribution is -2.38. The summed E-state index contributed by atoms with van der Waals surface area (Å²) in [7, 11) is 1.66. The van der Waals surface area contributed by atoms with Gasteiger partial charge in [-0.25, -0.2) is 9.37 Å². The molecule has 2 heterocycles. The number of hydrogen-bond donors (Lipinski definition) is 3. The van der Waals surface area contributed by atoms with Crippen LogP contribution in [-0.2, 0) is 6.54 Å². The minimum Gasteiger partial charge on any atom is -0.386 e. The van der Waals surface area contributed by atoms with Crippen LogP contribution in [0.1, 0.15) is 16.5 Å². The van der Waals surface area contributed by atoms with Crippen LogP contribution in [0, 0.1) is 5.82 Å². The maximum absolute atomic E-state index is 14.4. The second-order valence-corrected chi connectivity index (χ2v) is 7.88. The van der Waals surface area contributed by atoms with Crippen LogP contribution in [0.5, 0.6) is 0 Å². The van der Waals surface area contributed by atoms with E-state index in [9.17, 15) is 9.50 Å². The van der Waals surface area contributed by atoms with Gasteiger partial charge in [0.2, 0.25) is 0 Å². The van der Waals surface area contributed by atoms with Gasteiger partial charge in [0.1, 0.15) is 11.9 Å². The molecule has 0 spiro atoms. The molecule has 6 nitrogen and oxygen atoms in total. The molecule has 0 saturated carbocycles. The van der Waals surface area contributed by atoms with Crippen LogP contribution in [0.25, 0.3) is 15.8 Å². The van der Waals surface area contributed by atoms with Crippen molar-refractivity contribution in [3.05, 3.63) is 83.5 Å². The van der Waals surface area contributed by atoms with Gasteiger partial charge >= 0.3 is 0 Å². The predicted molar refractivity (Wildman–Crippen MR) is 134 cm³/mol. The Kier molecular flexibility index (Phi) is 7.99. The van der Waals surface area contributed by atoms with Crippen LogP contribution in [0.4, 0.5) is 4.39 Å². The number of aliphatic imine (C=N–C) groups is 1. The average molecular weight is 551 g/mol. The molecule has 0 aliphatic rings. The Morgan fingerprint density at radius 3 is 2.77 bits per heavy atom. The molecule has 0 bridgehead atoms. The topological polar surface area (TPSA) is 74.5 Å². The summed E-state index contributed by atoms with van der Waals surface area (Å²) in [5, 5.41) is 17.9. The Balaban J connectivity index is 0.00000272. The Morgan fingerprint density at radius 2 is 2.06 bits per heavy atom. The van der Waals surface area contributed by atoms with Crippen molar-refractivity contribution in [2.24, 2.45) is 4.99 Å². The Hall–Kier alpha value is -2.50. The normalized spacial score (nSPS) is 12.4. The third-order valence-electron chi connectivity index (χ3n) is 4.71. The van der Waals surface area contributed by atoms with Crippen LogP contribution in [0.3, 0.4) is 0 Å². The number of thiophene rings is 1. The number of fused-ring (bicyclic) bond motifs is 1. The van der Waals surface area contributed by atoms with Gasteiger partial charge in [0, 0.05) is 42.1 Å². The first-order chi connectivity index (χ1) is 14.6. The first kappa shape index (κ1) is 23.2. The standard InChI is InChI=1S/C22H22FN5OS.HI/c1-24-22(27-13-19(29)21-11-16-4-2-3-5-20(16)30-21)26-12-15-6-7-18(17(23)10-15)28-9-8-25-14-28;/h2-11,14,19,29H,12-13H2,1H3,(H2,24,26,27);1H. The zero-order valence-corrected chi connectivity index (χ0v) is 20.0. The maximum Gasteiger partial charge on any atom is 0.191 e. The summed E-state index contributed by atoms with van der Waals surface area (Å²) in [6.45, 7) is 0.722. The first-order valence-corrected chi connectivity index (χ1v) is 10.3. The number of hydrogen-bond acceptors (Lipinski definition) is 4. The van der Waals surface area contributed by atoms with Gasteiger partial charge in [0.15, 0.2) is 5.96 Å². The van der Waals surface area contributed by atoms with E-state index in [2.05, 4.69) is 20.6 Å². The summed E-state index contributed by atoms with van der Waals surface area (Å²) in [4.78, 5) is 9.01. The van der Waals surface area contributed by atoms with Crippen LogP contribution in [-0.4, -0.2) is 34.2 Å². The number of aliphatic hydroxyl groups is 1. The molecule has 1 atom stereocenters. The molecule has 31 heavy (non-hydrogen) atoms. The molecule has 1 unspecified atom stereocenters. The highest BCUT2D eigenvalue weighted by Gasteiger charge is 2.12. The molecule has 2 aromatic heterocycles. The predicted octanol–water partition coefficient (Wildman–Crippen LogP) is 4.24. The van der Waals surface area contributed by atoms with E-state index in [1.54, 1.807) is 47.7 Å². The molecule has 0 amide bonds. The summed E-state index contributed by atoms with van der Waals surface area (Å²) in [6.07, 6.45) is 4.22. The van der Waals surface area contributed by atoms with E-state index in [4.69, 9.17) is 0 Å². The highest BCUT2D eigenvalue weighted by atomic mass is 127. The van der Waals surface area contributed by atoms with Crippen molar-refractivity contribution in [1.82, 2.24) is 20.2 Å². The fourth-order valence-electron chi connectivity index (χ4n) is 3.14. The van der Waals surface area contributed by atoms with Gasteiger partial charge in [0.25, 0.3) is 0 Å². The van der Waals surface area contributed by atoms with E-state index in [1.165, 1.54) is 6.07 Å². The average Bonchev–Trinajstić information content (AvgIpc) is 3.43. The van der Waals surface area contributed by atoms with Crippen molar-refractivity contribution in [2.45, 2.75) is 12.6 Å². The van der Waals surface area contributed by atoms with Crippen LogP contribution >= 0.6 is 35.3 Å². The molecule has 0 aliphatic heterocycles. The number of benzene rings is 2. The smallest absolute Gasteiger partial charge is 0.191 e. The highest BCUT2D eigenvalue weighted by molar-refractivity contribution is 14.0. The summed E-state index contributed by atoms with van der Waals surface area (Å²) >= 11 is 1.58. The van der Waals surface area contributed by atoms with Crippen molar-refractivity contribution in [2.75, 3.05) is 13.6 Å². The van der Waals surface area contributed by atoms with E-state index in [0.29, 0.717) is 24.7 Å². The second kappa shape index (κ2) is 10.7. The number of guanidine groups is 1. The second-order valence-electron chi connectivity index (χ2n) is 6.76. The molecule has 9 heteroatoms. The third kappa shape index (κ3) is 5.60. The Labute approximate surface area is 200 Å². The van der Waals surface area contributed by atoms with Crippen molar-refractivity contribution in [3.8, 4) is 5.69 Å². The van der Waals surface area contributed by atoms with Gasteiger partial charge in [-0.2, -0.15) is 0 Å². The van der Waals surface area contributed by atoms with Crippen molar-refractivity contribution in [3.63, 3.8) is 0 Å². The Morgan fingerprint density at radius 1 is 1.23 bits per heavy atom. The lowest BCUT2D eigenvalue weighted by Gasteiger charge is -2.15. The molecule has 162 valence electrons. The zero-order chi connectivity index (χ0) is 20.9. The van der Waals surface area contributed by atoms with Gasteiger partial charge in [-0.1, -0.05) is 24.3 Å². The molecule has 4 aromatic rings. The summed E-state index contributed by atoms with van der Waals surface area (Å²) < 4.78 is 17.2. The van der Waals surface area contributed by atoms with Gasteiger partial charge in [-0.15, -0.1) is 35.3 Å².